The van der Waals surface area contributed by atoms with Crippen molar-refractivity contribution in [1.82, 2.24) is 5.32 Å². The van der Waals surface area contributed by atoms with E-state index in [1.807, 2.05) is 36.4 Å². The van der Waals surface area contributed by atoms with Gasteiger partial charge in [-0.2, -0.15) is 5.26 Å². The molecule has 2 amide bonds. The molecule has 0 saturated heterocycles. The molecule has 0 aromatic heterocycles. The third-order valence-electron chi connectivity index (χ3n) is 4.43. The van der Waals surface area contributed by atoms with E-state index in [-0.39, 0.29) is 28.6 Å². The molecule has 0 radical (unpaired) electrons. The Morgan fingerprint density at radius 2 is 1.79 bits per heavy atom. The molecule has 0 aliphatic heterocycles. The van der Waals surface area contributed by atoms with Crippen molar-refractivity contribution in [2.75, 3.05) is 11.9 Å². The van der Waals surface area contributed by atoms with Crippen molar-refractivity contribution in [3.05, 3.63) is 100 Å². The highest BCUT2D eigenvalue weighted by Gasteiger charge is 2.11. The van der Waals surface area contributed by atoms with Crippen molar-refractivity contribution in [1.29, 1.82) is 5.26 Å². The summed E-state index contributed by atoms with van der Waals surface area (Å²) in [5.74, 6) is -1.39. The van der Waals surface area contributed by atoms with E-state index in [4.69, 9.17) is 16.3 Å². The standard InChI is InChI=1S/C25H19ClFN3O3/c26-20-13-18(12-19(14-28)25(32)29-15-17-6-2-1-3-7-17)10-11-23(20)33-16-24(31)30-22-9-5-4-8-21(22)27/h1-13H,15-16H2,(H,29,32)(H,30,31)/b19-12+. The molecule has 0 unspecified atom stereocenters. The van der Waals surface area contributed by atoms with Crippen LogP contribution < -0.4 is 15.4 Å². The molecule has 33 heavy (non-hydrogen) atoms. The summed E-state index contributed by atoms with van der Waals surface area (Å²) in [6, 6.07) is 21.6. The molecule has 0 atom stereocenters. The van der Waals surface area contributed by atoms with Crippen LogP contribution in [0.1, 0.15) is 11.1 Å². The Morgan fingerprint density at radius 3 is 2.48 bits per heavy atom. The predicted molar refractivity (Wildman–Crippen MR) is 124 cm³/mol. The number of nitrogens with zero attached hydrogens (tertiary/aromatic N) is 1. The Hall–Kier alpha value is -4.15. The second kappa shape index (κ2) is 11.5. The van der Waals surface area contributed by atoms with Crippen molar-refractivity contribution >= 4 is 35.2 Å². The lowest BCUT2D eigenvalue weighted by atomic mass is 10.1. The van der Waals surface area contributed by atoms with Crippen LogP contribution in [-0.2, 0) is 16.1 Å². The van der Waals surface area contributed by atoms with E-state index < -0.39 is 17.6 Å². The Bertz CT molecular complexity index is 1220. The van der Waals surface area contributed by atoms with Gasteiger partial charge in [-0.15, -0.1) is 0 Å². The van der Waals surface area contributed by atoms with Crippen LogP contribution in [-0.4, -0.2) is 18.4 Å². The maximum atomic E-state index is 13.6. The maximum absolute atomic E-state index is 13.6. The van der Waals surface area contributed by atoms with E-state index in [2.05, 4.69) is 10.6 Å². The summed E-state index contributed by atoms with van der Waals surface area (Å²) in [6.07, 6.45) is 1.40. The molecule has 0 heterocycles. The van der Waals surface area contributed by atoms with Gasteiger partial charge in [0.25, 0.3) is 11.8 Å². The fraction of sp³-hybridized carbons (Fsp3) is 0.0800. The highest BCUT2D eigenvalue weighted by molar-refractivity contribution is 6.32. The summed E-state index contributed by atoms with van der Waals surface area (Å²) in [6.45, 7) is -0.0875. The number of hydrogen-bond acceptors (Lipinski definition) is 4. The molecule has 0 aliphatic rings. The van der Waals surface area contributed by atoms with Crippen LogP contribution in [0.3, 0.4) is 0 Å². The Morgan fingerprint density at radius 1 is 1.06 bits per heavy atom. The van der Waals surface area contributed by atoms with Crippen LogP contribution in [0.4, 0.5) is 10.1 Å². The van der Waals surface area contributed by atoms with Crippen molar-refractivity contribution in [3.8, 4) is 11.8 Å². The molecule has 0 bridgehead atoms. The van der Waals surface area contributed by atoms with Gasteiger partial charge >= 0.3 is 0 Å². The molecular formula is C25H19ClFN3O3. The molecule has 3 aromatic carbocycles. The third-order valence-corrected chi connectivity index (χ3v) is 4.73. The number of hydrogen-bond donors (Lipinski definition) is 2. The van der Waals surface area contributed by atoms with Gasteiger partial charge in [-0.1, -0.05) is 60.1 Å². The number of para-hydroxylation sites is 1. The number of ether oxygens (including phenoxy) is 1. The lowest BCUT2D eigenvalue weighted by molar-refractivity contribution is -0.118. The number of halogens is 2. The van der Waals surface area contributed by atoms with Crippen molar-refractivity contribution in [2.45, 2.75) is 6.54 Å². The minimum absolute atomic E-state index is 0.0484. The quantitative estimate of drug-likeness (QED) is 0.373. The van der Waals surface area contributed by atoms with E-state index in [0.717, 1.165) is 5.56 Å². The topological polar surface area (TPSA) is 91.2 Å². The molecule has 166 valence electrons. The summed E-state index contributed by atoms with van der Waals surface area (Å²) < 4.78 is 19.0. The van der Waals surface area contributed by atoms with Gasteiger partial charge in [0, 0.05) is 6.54 Å². The number of carbonyl (C=O) groups excluding carboxylic acids is 2. The maximum Gasteiger partial charge on any atom is 0.262 e. The minimum atomic E-state index is -0.555. The lowest BCUT2D eigenvalue weighted by Gasteiger charge is -2.10. The first-order chi connectivity index (χ1) is 16.0. The lowest BCUT2D eigenvalue weighted by Crippen LogP contribution is -2.23. The fourth-order valence-corrected chi connectivity index (χ4v) is 3.05. The summed E-state index contributed by atoms with van der Waals surface area (Å²) in [5.41, 5.74) is 1.38. The predicted octanol–water partition coefficient (Wildman–Crippen LogP) is 4.72. The van der Waals surface area contributed by atoms with Crippen LogP contribution in [0, 0.1) is 17.1 Å². The van der Waals surface area contributed by atoms with Gasteiger partial charge in [0.05, 0.1) is 10.7 Å². The summed E-state index contributed by atoms with van der Waals surface area (Å²) in [5, 5.41) is 14.6. The van der Waals surface area contributed by atoms with Gasteiger partial charge in [-0.3, -0.25) is 9.59 Å². The second-order valence-corrected chi connectivity index (χ2v) is 7.25. The second-order valence-electron chi connectivity index (χ2n) is 6.84. The normalized spacial score (nSPS) is 10.8. The van der Waals surface area contributed by atoms with Crippen LogP contribution in [0.25, 0.3) is 6.08 Å². The molecule has 3 rings (SSSR count). The SMILES string of the molecule is N#C/C(=C\c1ccc(OCC(=O)Nc2ccccc2F)c(Cl)c1)C(=O)NCc1ccccc1. The molecule has 0 spiro atoms. The van der Waals surface area contributed by atoms with Gasteiger partial charge in [0.15, 0.2) is 6.61 Å². The number of nitrogens with one attached hydrogen (secondary N) is 2. The van der Waals surface area contributed by atoms with Gasteiger partial charge in [-0.25, -0.2) is 4.39 Å². The summed E-state index contributed by atoms with van der Waals surface area (Å²) in [4.78, 5) is 24.3. The molecule has 0 fully saturated rings. The van der Waals surface area contributed by atoms with E-state index in [9.17, 15) is 19.2 Å². The number of rotatable bonds is 8. The first kappa shape index (κ1) is 23.5. The van der Waals surface area contributed by atoms with Crippen molar-refractivity contribution in [2.24, 2.45) is 0 Å². The summed E-state index contributed by atoms with van der Waals surface area (Å²) in [7, 11) is 0. The largest absolute Gasteiger partial charge is 0.482 e. The van der Waals surface area contributed by atoms with Gasteiger partial charge < -0.3 is 15.4 Å². The zero-order valence-corrected chi connectivity index (χ0v) is 18.1. The van der Waals surface area contributed by atoms with E-state index >= 15 is 0 Å². The van der Waals surface area contributed by atoms with Crippen molar-refractivity contribution in [3.63, 3.8) is 0 Å². The van der Waals surface area contributed by atoms with Crippen molar-refractivity contribution < 1.29 is 18.7 Å². The minimum Gasteiger partial charge on any atom is -0.482 e. The highest BCUT2D eigenvalue weighted by Crippen LogP contribution is 2.26. The van der Waals surface area contributed by atoms with Gasteiger partial charge in [0.2, 0.25) is 0 Å². The van der Waals surface area contributed by atoms with Crippen LogP contribution in [0.5, 0.6) is 5.75 Å². The number of amides is 2. The molecule has 0 saturated carbocycles. The Labute approximate surface area is 195 Å². The Balaban J connectivity index is 1.59. The van der Waals surface area contributed by atoms with E-state index in [0.29, 0.717) is 12.1 Å². The molecule has 0 aliphatic carbocycles. The molecule has 2 N–H and O–H groups in total. The highest BCUT2D eigenvalue weighted by atomic mass is 35.5. The van der Waals surface area contributed by atoms with Gasteiger partial charge in [0.1, 0.15) is 23.2 Å². The van der Waals surface area contributed by atoms with E-state index in [1.54, 1.807) is 12.1 Å². The zero-order chi connectivity index (χ0) is 23.6. The smallest absolute Gasteiger partial charge is 0.262 e. The van der Waals surface area contributed by atoms with Crippen LogP contribution in [0.15, 0.2) is 78.4 Å². The van der Waals surface area contributed by atoms with Gasteiger partial charge in [-0.05, 0) is 41.5 Å². The first-order valence-electron chi connectivity index (χ1n) is 9.87. The molecule has 8 heteroatoms. The van der Waals surface area contributed by atoms with Crippen LogP contribution >= 0.6 is 11.6 Å². The van der Waals surface area contributed by atoms with Crippen LogP contribution in [0.2, 0.25) is 5.02 Å². The molecular weight excluding hydrogens is 445 g/mol. The monoisotopic (exact) mass is 463 g/mol. The zero-order valence-electron chi connectivity index (χ0n) is 17.3. The number of carbonyl (C=O) groups is 2. The first-order valence-corrected chi connectivity index (χ1v) is 10.2. The fourth-order valence-electron chi connectivity index (χ4n) is 2.80. The third kappa shape index (κ3) is 6.92. The number of nitriles is 1. The number of anilines is 1. The molecule has 6 nitrogen and oxygen atoms in total. The average Bonchev–Trinajstić information content (AvgIpc) is 2.82. The Kier molecular flexibility index (Phi) is 8.17. The number of benzene rings is 3. The van der Waals surface area contributed by atoms with E-state index in [1.165, 1.54) is 36.4 Å². The molecule has 3 aromatic rings. The average molecular weight is 464 g/mol. The summed E-state index contributed by atoms with van der Waals surface area (Å²) >= 11 is 6.22.